The Morgan fingerprint density at radius 1 is 1.19 bits per heavy atom. The molecule has 0 fully saturated rings. The predicted octanol–water partition coefficient (Wildman–Crippen LogP) is 3.89. The number of benzene rings is 1. The van der Waals surface area contributed by atoms with E-state index in [2.05, 4.69) is 24.5 Å². The van der Waals surface area contributed by atoms with Crippen LogP contribution in [0.4, 0.5) is 10.5 Å². The fourth-order valence-corrected chi connectivity index (χ4v) is 2.08. The van der Waals surface area contributed by atoms with Crippen molar-refractivity contribution in [1.29, 1.82) is 0 Å². The fourth-order valence-electron chi connectivity index (χ4n) is 2.08. The summed E-state index contributed by atoms with van der Waals surface area (Å²) in [6, 6.07) is 5.93. The molecule has 0 heterocycles. The number of anilines is 1. The third kappa shape index (κ3) is 6.63. The molecule has 0 aliphatic rings. The maximum Gasteiger partial charge on any atom is 0.319 e. The van der Waals surface area contributed by atoms with Crippen LogP contribution in [0, 0.1) is 6.92 Å². The van der Waals surface area contributed by atoms with Crippen molar-refractivity contribution in [3.05, 3.63) is 29.3 Å². The summed E-state index contributed by atoms with van der Waals surface area (Å²) in [6.45, 7) is 8.38. The van der Waals surface area contributed by atoms with Gasteiger partial charge in [-0.2, -0.15) is 0 Å². The number of carbonyl (C=O) groups excluding carboxylic acids is 1. The van der Waals surface area contributed by atoms with Crippen molar-refractivity contribution in [2.45, 2.75) is 46.5 Å². The lowest BCUT2D eigenvalue weighted by Gasteiger charge is -2.13. The van der Waals surface area contributed by atoms with E-state index in [4.69, 9.17) is 4.74 Å². The molecular weight excluding hydrogens is 264 g/mol. The number of carbonyl (C=O) groups is 1. The predicted molar refractivity (Wildman–Crippen MR) is 87.9 cm³/mol. The highest BCUT2D eigenvalue weighted by Crippen LogP contribution is 2.20. The molecule has 2 N–H and O–H groups in total. The minimum atomic E-state index is -0.146. The highest BCUT2D eigenvalue weighted by Gasteiger charge is 2.07. The highest BCUT2D eigenvalue weighted by molar-refractivity contribution is 5.91. The Balaban J connectivity index is 2.28. The molecule has 118 valence electrons. The maximum atomic E-state index is 11.9. The van der Waals surface area contributed by atoms with Gasteiger partial charge in [-0.25, -0.2) is 4.79 Å². The Morgan fingerprint density at radius 2 is 1.95 bits per heavy atom. The van der Waals surface area contributed by atoms with Gasteiger partial charge >= 0.3 is 6.03 Å². The Bertz CT molecular complexity index is 433. The van der Waals surface area contributed by atoms with Crippen LogP contribution in [0.5, 0.6) is 0 Å². The van der Waals surface area contributed by atoms with Crippen LogP contribution < -0.4 is 10.6 Å². The molecule has 0 atom stereocenters. The standard InChI is InChI=1S/C17H28N2O2/c1-4-6-12-21-13-8-11-18-17(20)19-16-14(3)9-7-10-15(16)5-2/h7,9-10H,4-6,8,11-13H2,1-3H3,(H2,18,19,20). The average Bonchev–Trinajstić information content (AvgIpc) is 2.48. The van der Waals surface area contributed by atoms with Crippen LogP contribution in [0.15, 0.2) is 18.2 Å². The Hall–Kier alpha value is -1.55. The van der Waals surface area contributed by atoms with Crippen molar-refractivity contribution in [1.82, 2.24) is 5.32 Å². The molecule has 0 saturated carbocycles. The van der Waals surface area contributed by atoms with E-state index in [-0.39, 0.29) is 6.03 Å². The number of para-hydroxylation sites is 1. The maximum absolute atomic E-state index is 11.9. The number of nitrogens with one attached hydrogen (secondary N) is 2. The van der Waals surface area contributed by atoms with Gasteiger partial charge in [0.1, 0.15) is 0 Å². The first-order valence-electron chi connectivity index (χ1n) is 7.90. The van der Waals surface area contributed by atoms with E-state index in [0.717, 1.165) is 49.1 Å². The first-order valence-corrected chi connectivity index (χ1v) is 7.90. The molecule has 1 rings (SSSR count). The van der Waals surface area contributed by atoms with Crippen LogP contribution in [-0.4, -0.2) is 25.8 Å². The second-order valence-electron chi connectivity index (χ2n) is 5.16. The van der Waals surface area contributed by atoms with Gasteiger partial charge in [0.05, 0.1) is 0 Å². The van der Waals surface area contributed by atoms with Gasteiger partial charge in [0.15, 0.2) is 0 Å². The number of hydrogen-bond donors (Lipinski definition) is 2. The molecule has 0 unspecified atom stereocenters. The second kappa shape index (κ2) is 10.2. The van der Waals surface area contributed by atoms with Crippen LogP contribution in [-0.2, 0) is 11.2 Å². The largest absolute Gasteiger partial charge is 0.381 e. The highest BCUT2D eigenvalue weighted by atomic mass is 16.5. The normalized spacial score (nSPS) is 10.4. The fraction of sp³-hybridized carbons (Fsp3) is 0.588. The van der Waals surface area contributed by atoms with E-state index < -0.39 is 0 Å². The molecule has 0 aliphatic heterocycles. The molecule has 2 amide bonds. The van der Waals surface area contributed by atoms with Crippen molar-refractivity contribution < 1.29 is 9.53 Å². The van der Waals surface area contributed by atoms with Crippen LogP contribution >= 0.6 is 0 Å². The Morgan fingerprint density at radius 3 is 2.67 bits per heavy atom. The molecule has 4 nitrogen and oxygen atoms in total. The van der Waals surface area contributed by atoms with Gasteiger partial charge in [-0.1, -0.05) is 38.5 Å². The molecule has 0 spiro atoms. The summed E-state index contributed by atoms with van der Waals surface area (Å²) in [7, 11) is 0. The van der Waals surface area contributed by atoms with E-state index in [0.29, 0.717) is 13.2 Å². The molecule has 0 saturated heterocycles. The first-order chi connectivity index (χ1) is 10.2. The summed E-state index contributed by atoms with van der Waals surface area (Å²) >= 11 is 0. The van der Waals surface area contributed by atoms with Crippen LogP contribution in [0.2, 0.25) is 0 Å². The summed E-state index contributed by atoms with van der Waals surface area (Å²) in [4.78, 5) is 11.9. The third-order valence-corrected chi connectivity index (χ3v) is 3.37. The minimum Gasteiger partial charge on any atom is -0.381 e. The molecule has 21 heavy (non-hydrogen) atoms. The molecule has 0 aromatic heterocycles. The van der Waals surface area contributed by atoms with Gasteiger partial charge in [0.2, 0.25) is 0 Å². The molecular formula is C17H28N2O2. The zero-order valence-corrected chi connectivity index (χ0v) is 13.5. The third-order valence-electron chi connectivity index (χ3n) is 3.37. The minimum absolute atomic E-state index is 0.146. The Labute approximate surface area is 128 Å². The van der Waals surface area contributed by atoms with Crippen molar-refractivity contribution >= 4 is 11.7 Å². The smallest absolute Gasteiger partial charge is 0.319 e. The summed E-state index contributed by atoms with van der Waals surface area (Å²) in [5, 5.41) is 5.82. The van der Waals surface area contributed by atoms with Gasteiger partial charge in [-0.05, 0) is 37.3 Å². The lowest BCUT2D eigenvalue weighted by atomic mass is 10.1. The lowest BCUT2D eigenvalue weighted by molar-refractivity contribution is 0.129. The number of urea groups is 1. The van der Waals surface area contributed by atoms with E-state index in [9.17, 15) is 4.79 Å². The molecule has 0 aliphatic carbocycles. The van der Waals surface area contributed by atoms with Crippen molar-refractivity contribution in [3.8, 4) is 0 Å². The summed E-state index contributed by atoms with van der Waals surface area (Å²) in [5.41, 5.74) is 3.18. The van der Waals surface area contributed by atoms with Gasteiger partial charge in [0.25, 0.3) is 0 Å². The quantitative estimate of drug-likeness (QED) is 0.678. The SMILES string of the molecule is CCCCOCCCNC(=O)Nc1c(C)cccc1CC. The molecule has 4 heteroatoms. The molecule has 1 aromatic rings. The zero-order chi connectivity index (χ0) is 15.5. The Kier molecular flexibility index (Phi) is 8.51. The van der Waals surface area contributed by atoms with Crippen molar-refractivity contribution in [3.63, 3.8) is 0 Å². The average molecular weight is 292 g/mol. The second-order valence-corrected chi connectivity index (χ2v) is 5.16. The van der Waals surface area contributed by atoms with Crippen molar-refractivity contribution in [2.24, 2.45) is 0 Å². The number of aryl methyl sites for hydroxylation is 2. The topological polar surface area (TPSA) is 50.4 Å². The van der Waals surface area contributed by atoms with E-state index >= 15 is 0 Å². The monoisotopic (exact) mass is 292 g/mol. The number of unbranched alkanes of at least 4 members (excludes halogenated alkanes) is 1. The van der Waals surface area contributed by atoms with E-state index in [1.807, 2.05) is 25.1 Å². The van der Waals surface area contributed by atoms with Gasteiger partial charge in [-0.15, -0.1) is 0 Å². The molecule has 1 aromatic carbocycles. The van der Waals surface area contributed by atoms with Gasteiger partial charge < -0.3 is 15.4 Å². The molecule has 0 bridgehead atoms. The molecule has 0 radical (unpaired) electrons. The number of amides is 2. The van der Waals surface area contributed by atoms with Crippen LogP contribution in [0.1, 0.15) is 44.2 Å². The van der Waals surface area contributed by atoms with Gasteiger partial charge in [0, 0.05) is 25.4 Å². The number of hydrogen-bond acceptors (Lipinski definition) is 2. The van der Waals surface area contributed by atoms with Crippen molar-refractivity contribution in [2.75, 3.05) is 25.1 Å². The zero-order valence-electron chi connectivity index (χ0n) is 13.5. The lowest BCUT2D eigenvalue weighted by Crippen LogP contribution is -2.30. The van der Waals surface area contributed by atoms with Crippen LogP contribution in [0.3, 0.4) is 0 Å². The van der Waals surface area contributed by atoms with Crippen LogP contribution in [0.25, 0.3) is 0 Å². The number of rotatable bonds is 9. The summed E-state index contributed by atoms with van der Waals surface area (Å²) in [6.07, 6.45) is 3.99. The van der Waals surface area contributed by atoms with E-state index in [1.165, 1.54) is 0 Å². The van der Waals surface area contributed by atoms with E-state index in [1.54, 1.807) is 0 Å². The summed E-state index contributed by atoms with van der Waals surface area (Å²) < 4.78 is 5.46. The van der Waals surface area contributed by atoms with Gasteiger partial charge in [-0.3, -0.25) is 0 Å². The number of ether oxygens (including phenoxy) is 1. The first kappa shape index (κ1) is 17.5. The summed E-state index contributed by atoms with van der Waals surface area (Å²) in [5.74, 6) is 0.